The Hall–Kier alpha value is -0.610. The van der Waals surface area contributed by atoms with Crippen molar-refractivity contribution in [2.45, 2.75) is 44.2 Å². The summed E-state index contributed by atoms with van der Waals surface area (Å²) in [6.07, 6.45) is 4.37. The van der Waals surface area contributed by atoms with E-state index in [1.54, 1.807) is 0 Å². The molecule has 96 valence electrons. The fourth-order valence-corrected chi connectivity index (χ4v) is 4.03. The normalized spacial score (nSPS) is 46.3. The molecule has 0 radical (unpaired) electrons. The van der Waals surface area contributed by atoms with Crippen LogP contribution in [0.1, 0.15) is 32.6 Å². The van der Waals surface area contributed by atoms with Gasteiger partial charge >= 0.3 is 5.97 Å². The van der Waals surface area contributed by atoms with Gasteiger partial charge in [-0.2, -0.15) is 0 Å². The van der Waals surface area contributed by atoms with Crippen LogP contribution in [0.5, 0.6) is 0 Å². The average Bonchev–Trinajstić information content (AvgIpc) is 2.74. The summed E-state index contributed by atoms with van der Waals surface area (Å²) in [5, 5.41) is 9.49. The lowest BCUT2D eigenvalue weighted by Crippen LogP contribution is -2.62. The van der Waals surface area contributed by atoms with Crippen molar-refractivity contribution in [3.05, 3.63) is 0 Å². The number of hydrogen-bond acceptors (Lipinski definition) is 3. The lowest BCUT2D eigenvalue weighted by molar-refractivity contribution is -0.152. The first kappa shape index (κ1) is 11.5. The van der Waals surface area contributed by atoms with E-state index in [-0.39, 0.29) is 0 Å². The van der Waals surface area contributed by atoms with Gasteiger partial charge < -0.3 is 10.0 Å². The highest BCUT2D eigenvalue weighted by Crippen LogP contribution is 2.39. The summed E-state index contributed by atoms with van der Waals surface area (Å²) in [5.41, 5.74) is -0.608. The molecule has 1 N–H and O–H groups in total. The van der Waals surface area contributed by atoms with Crippen molar-refractivity contribution in [3.8, 4) is 0 Å². The standard InChI is InChI=1S/C13H22N2O2/c1-13(12(16)17)5-2-6-15(13)11-9-14-7-3-10(11)4-8-14/h10-11H,2-9H2,1H3,(H,16,17). The molecule has 0 amide bonds. The monoisotopic (exact) mass is 238 g/mol. The summed E-state index contributed by atoms with van der Waals surface area (Å²) in [6.45, 7) is 6.42. The van der Waals surface area contributed by atoms with Crippen molar-refractivity contribution >= 4 is 5.97 Å². The number of piperidine rings is 3. The molecule has 4 saturated heterocycles. The lowest BCUT2D eigenvalue weighted by Gasteiger charge is -2.51. The first-order chi connectivity index (χ1) is 8.11. The van der Waals surface area contributed by atoms with Gasteiger partial charge in [-0.25, -0.2) is 0 Å². The molecule has 17 heavy (non-hydrogen) atoms. The first-order valence-corrected chi connectivity index (χ1v) is 6.84. The maximum Gasteiger partial charge on any atom is 0.323 e. The van der Waals surface area contributed by atoms with Gasteiger partial charge in [0.05, 0.1) is 0 Å². The van der Waals surface area contributed by atoms with Crippen LogP contribution in [0.3, 0.4) is 0 Å². The number of hydrogen-bond donors (Lipinski definition) is 1. The zero-order valence-corrected chi connectivity index (χ0v) is 10.6. The van der Waals surface area contributed by atoms with Crippen LogP contribution in [-0.2, 0) is 4.79 Å². The highest BCUT2D eigenvalue weighted by atomic mass is 16.4. The predicted molar refractivity (Wildman–Crippen MR) is 64.9 cm³/mol. The molecule has 0 aromatic rings. The Balaban J connectivity index is 1.82. The van der Waals surface area contributed by atoms with Gasteiger partial charge in [-0.05, 0) is 58.2 Å². The molecule has 0 aromatic carbocycles. The fraction of sp³-hybridized carbons (Fsp3) is 0.923. The molecule has 4 nitrogen and oxygen atoms in total. The molecule has 4 fully saturated rings. The number of nitrogens with zero attached hydrogens (tertiary/aromatic N) is 2. The minimum atomic E-state index is -0.633. The van der Waals surface area contributed by atoms with E-state index in [4.69, 9.17) is 0 Å². The van der Waals surface area contributed by atoms with Gasteiger partial charge in [0.15, 0.2) is 0 Å². The number of likely N-dealkylation sites (tertiary alicyclic amines) is 1. The number of aliphatic carboxylic acids is 1. The van der Waals surface area contributed by atoms with E-state index in [0.29, 0.717) is 6.04 Å². The van der Waals surface area contributed by atoms with Crippen LogP contribution in [0.15, 0.2) is 0 Å². The van der Waals surface area contributed by atoms with Crippen molar-refractivity contribution in [3.63, 3.8) is 0 Å². The van der Waals surface area contributed by atoms with Crippen LogP contribution in [-0.4, -0.2) is 58.6 Å². The third-order valence-electron chi connectivity index (χ3n) is 5.18. The van der Waals surface area contributed by atoms with Crippen LogP contribution in [0.4, 0.5) is 0 Å². The minimum Gasteiger partial charge on any atom is -0.480 e. The fourth-order valence-electron chi connectivity index (χ4n) is 4.03. The zero-order valence-electron chi connectivity index (χ0n) is 10.6. The molecule has 4 heteroatoms. The SMILES string of the molecule is CC1(C(=O)O)CCCN1C1CN2CCC1CC2. The Bertz CT molecular complexity index is 325. The third kappa shape index (κ3) is 1.69. The second kappa shape index (κ2) is 3.95. The van der Waals surface area contributed by atoms with Gasteiger partial charge in [-0.3, -0.25) is 9.69 Å². The highest BCUT2D eigenvalue weighted by molar-refractivity contribution is 5.78. The molecule has 2 bridgehead atoms. The molecule has 2 unspecified atom stereocenters. The van der Waals surface area contributed by atoms with Gasteiger partial charge in [0.1, 0.15) is 5.54 Å². The number of rotatable bonds is 2. The Kier molecular flexibility index (Phi) is 2.67. The predicted octanol–water partition coefficient (Wildman–Crippen LogP) is 1.02. The largest absolute Gasteiger partial charge is 0.480 e. The van der Waals surface area contributed by atoms with Crippen LogP contribution in [0, 0.1) is 5.92 Å². The van der Waals surface area contributed by atoms with Crippen LogP contribution < -0.4 is 0 Å². The zero-order chi connectivity index (χ0) is 12.0. The first-order valence-electron chi connectivity index (χ1n) is 6.84. The summed E-state index contributed by atoms with van der Waals surface area (Å²) < 4.78 is 0. The summed E-state index contributed by atoms with van der Waals surface area (Å²) in [5.74, 6) is 0.100. The Morgan fingerprint density at radius 2 is 2.00 bits per heavy atom. The van der Waals surface area contributed by atoms with Crippen LogP contribution in [0.2, 0.25) is 0 Å². The lowest BCUT2D eigenvalue weighted by atomic mass is 9.81. The molecule has 4 heterocycles. The van der Waals surface area contributed by atoms with Gasteiger partial charge in [0.2, 0.25) is 0 Å². The molecule has 0 spiro atoms. The molecular formula is C13H22N2O2. The molecule has 0 aromatic heterocycles. The maximum absolute atomic E-state index is 11.5. The van der Waals surface area contributed by atoms with Crippen molar-refractivity contribution in [2.75, 3.05) is 26.2 Å². The van der Waals surface area contributed by atoms with E-state index >= 15 is 0 Å². The van der Waals surface area contributed by atoms with Crippen molar-refractivity contribution in [1.82, 2.24) is 9.80 Å². The molecule has 4 rings (SSSR count). The van der Waals surface area contributed by atoms with E-state index in [9.17, 15) is 9.90 Å². The topological polar surface area (TPSA) is 43.8 Å². The molecule has 0 saturated carbocycles. The third-order valence-corrected chi connectivity index (χ3v) is 5.18. The van der Waals surface area contributed by atoms with Crippen molar-refractivity contribution in [1.29, 1.82) is 0 Å². The number of carboxylic acid groups (broad SMARTS) is 1. The number of fused-ring (bicyclic) bond motifs is 3. The van der Waals surface area contributed by atoms with Crippen LogP contribution >= 0.6 is 0 Å². The molecule has 4 aliphatic heterocycles. The van der Waals surface area contributed by atoms with Gasteiger partial charge in [0, 0.05) is 12.6 Å². The summed E-state index contributed by atoms with van der Waals surface area (Å²) in [6, 6.07) is 0.487. The smallest absolute Gasteiger partial charge is 0.323 e. The Morgan fingerprint density at radius 1 is 1.29 bits per heavy atom. The van der Waals surface area contributed by atoms with Crippen molar-refractivity contribution in [2.24, 2.45) is 5.92 Å². The molecular weight excluding hydrogens is 216 g/mol. The Labute approximate surface area is 103 Å². The second-order valence-corrected chi connectivity index (χ2v) is 6.08. The minimum absolute atomic E-state index is 0.487. The maximum atomic E-state index is 11.5. The second-order valence-electron chi connectivity index (χ2n) is 6.08. The summed E-state index contributed by atoms with van der Waals surface area (Å²) in [7, 11) is 0. The van der Waals surface area contributed by atoms with Crippen molar-refractivity contribution < 1.29 is 9.90 Å². The van der Waals surface area contributed by atoms with E-state index in [1.807, 2.05) is 6.92 Å². The number of carbonyl (C=O) groups is 1. The molecule has 4 aliphatic rings. The average molecular weight is 238 g/mol. The highest BCUT2D eigenvalue weighted by Gasteiger charge is 2.50. The molecule has 2 atom stereocenters. The molecule has 0 aliphatic carbocycles. The van der Waals surface area contributed by atoms with Gasteiger partial charge in [0.25, 0.3) is 0 Å². The van der Waals surface area contributed by atoms with E-state index < -0.39 is 11.5 Å². The van der Waals surface area contributed by atoms with Crippen LogP contribution in [0.25, 0.3) is 0 Å². The van der Waals surface area contributed by atoms with Gasteiger partial charge in [-0.1, -0.05) is 0 Å². The summed E-state index contributed by atoms with van der Waals surface area (Å²) >= 11 is 0. The quantitative estimate of drug-likeness (QED) is 0.780. The number of carboxylic acids is 1. The van der Waals surface area contributed by atoms with E-state index in [2.05, 4.69) is 9.80 Å². The summed E-state index contributed by atoms with van der Waals surface area (Å²) in [4.78, 5) is 16.3. The van der Waals surface area contributed by atoms with Gasteiger partial charge in [-0.15, -0.1) is 0 Å². The van der Waals surface area contributed by atoms with E-state index in [1.165, 1.54) is 25.9 Å². The van der Waals surface area contributed by atoms with E-state index in [0.717, 1.165) is 31.8 Å². The Morgan fingerprint density at radius 3 is 2.53 bits per heavy atom.